The van der Waals surface area contributed by atoms with Crippen LogP contribution in [0.3, 0.4) is 0 Å². The summed E-state index contributed by atoms with van der Waals surface area (Å²) in [5.41, 5.74) is 3.08. The summed E-state index contributed by atoms with van der Waals surface area (Å²) in [7, 11) is 0. The summed E-state index contributed by atoms with van der Waals surface area (Å²) in [5.74, 6) is -0.339. The number of hydrogen-bond acceptors (Lipinski definition) is 1. The Balaban J connectivity index is 1.82. The summed E-state index contributed by atoms with van der Waals surface area (Å²) in [6.07, 6.45) is 1.13. The molecule has 0 atom stereocenters. The first-order valence-corrected chi connectivity index (χ1v) is 7.60. The van der Waals surface area contributed by atoms with Crippen molar-refractivity contribution in [2.24, 2.45) is 0 Å². The van der Waals surface area contributed by atoms with E-state index in [2.05, 4.69) is 21.2 Å². The van der Waals surface area contributed by atoms with Crippen molar-refractivity contribution in [3.63, 3.8) is 0 Å². The van der Waals surface area contributed by atoms with E-state index < -0.39 is 0 Å². The average molecular weight is 350 g/mol. The minimum Gasteiger partial charge on any atom is -0.352 e. The summed E-state index contributed by atoms with van der Waals surface area (Å²) in [6.45, 7) is 2.36. The van der Waals surface area contributed by atoms with E-state index in [1.54, 1.807) is 6.07 Å². The molecule has 0 aromatic heterocycles. The van der Waals surface area contributed by atoms with Gasteiger partial charge in [-0.15, -0.1) is 0 Å². The first-order valence-electron chi connectivity index (χ1n) is 6.81. The number of rotatable bonds is 5. The van der Waals surface area contributed by atoms with E-state index in [4.69, 9.17) is 0 Å². The summed E-state index contributed by atoms with van der Waals surface area (Å²) in [6, 6.07) is 12.6. The van der Waals surface area contributed by atoms with E-state index >= 15 is 0 Å². The molecule has 21 heavy (non-hydrogen) atoms. The molecule has 0 aliphatic heterocycles. The highest BCUT2D eigenvalue weighted by molar-refractivity contribution is 9.10. The highest BCUT2D eigenvalue weighted by Gasteiger charge is 2.05. The van der Waals surface area contributed by atoms with Gasteiger partial charge in [0.1, 0.15) is 5.82 Å². The van der Waals surface area contributed by atoms with Crippen molar-refractivity contribution in [2.45, 2.75) is 26.3 Å². The van der Waals surface area contributed by atoms with Gasteiger partial charge in [0.15, 0.2) is 0 Å². The molecule has 0 aliphatic carbocycles. The molecule has 0 spiro atoms. The molecule has 0 saturated heterocycles. The molecule has 2 aromatic rings. The van der Waals surface area contributed by atoms with Crippen LogP contribution in [0.15, 0.2) is 46.9 Å². The Labute approximate surface area is 132 Å². The van der Waals surface area contributed by atoms with Crippen LogP contribution in [0, 0.1) is 12.7 Å². The predicted molar refractivity (Wildman–Crippen MR) is 85.4 cm³/mol. The third-order valence-corrected chi connectivity index (χ3v) is 4.02. The van der Waals surface area contributed by atoms with Crippen LogP contribution in [0.25, 0.3) is 0 Å². The molecule has 2 rings (SSSR count). The van der Waals surface area contributed by atoms with Gasteiger partial charge >= 0.3 is 0 Å². The lowest BCUT2D eigenvalue weighted by molar-refractivity contribution is -0.121. The third-order valence-electron chi connectivity index (χ3n) is 3.25. The van der Waals surface area contributed by atoms with Crippen molar-refractivity contribution in [1.29, 1.82) is 0 Å². The number of carbonyl (C=O) groups excluding carboxylic acids is 1. The third kappa shape index (κ3) is 4.97. The second-order valence-corrected chi connectivity index (χ2v) is 5.85. The molecule has 0 fully saturated rings. The van der Waals surface area contributed by atoms with Crippen molar-refractivity contribution in [1.82, 2.24) is 5.32 Å². The van der Waals surface area contributed by atoms with Crippen LogP contribution < -0.4 is 5.32 Å². The minimum atomic E-state index is -0.304. The van der Waals surface area contributed by atoms with Crippen molar-refractivity contribution >= 4 is 21.8 Å². The first kappa shape index (κ1) is 15.7. The molecule has 2 aromatic carbocycles. The second-order valence-electron chi connectivity index (χ2n) is 5.00. The second kappa shape index (κ2) is 7.36. The fourth-order valence-corrected chi connectivity index (χ4v) is 2.36. The van der Waals surface area contributed by atoms with Gasteiger partial charge in [0.2, 0.25) is 5.91 Å². The Bertz CT molecular complexity index is 625. The van der Waals surface area contributed by atoms with Gasteiger partial charge in [-0.3, -0.25) is 4.79 Å². The Hall–Kier alpha value is -1.68. The molecular formula is C17H17BrFNO. The highest BCUT2D eigenvalue weighted by atomic mass is 79.9. The Morgan fingerprint density at radius 2 is 1.90 bits per heavy atom. The zero-order valence-electron chi connectivity index (χ0n) is 11.8. The number of amides is 1. The zero-order valence-corrected chi connectivity index (χ0v) is 13.4. The summed E-state index contributed by atoms with van der Waals surface area (Å²) >= 11 is 3.35. The number of halogens is 2. The summed E-state index contributed by atoms with van der Waals surface area (Å²) < 4.78 is 13.9. The Kier molecular flexibility index (Phi) is 5.51. The highest BCUT2D eigenvalue weighted by Crippen LogP contribution is 2.17. The van der Waals surface area contributed by atoms with Crippen LogP contribution >= 0.6 is 15.9 Å². The van der Waals surface area contributed by atoms with Crippen molar-refractivity contribution < 1.29 is 9.18 Å². The van der Waals surface area contributed by atoms with Gasteiger partial charge in [-0.1, -0.05) is 45.8 Å². The smallest absolute Gasteiger partial charge is 0.220 e. The normalized spacial score (nSPS) is 10.4. The number of hydrogen-bond donors (Lipinski definition) is 1. The lowest BCUT2D eigenvalue weighted by Gasteiger charge is -2.07. The van der Waals surface area contributed by atoms with Crippen LogP contribution in [0.4, 0.5) is 4.39 Å². The van der Waals surface area contributed by atoms with Gasteiger partial charge in [-0.25, -0.2) is 4.39 Å². The van der Waals surface area contributed by atoms with Crippen LogP contribution in [0.2, 0.25) is 0 Å². The SMILES string of the molecule is Cc1ccc(CCC(=O)NCc2cc(F)ccc2Br)cc1. The fraction of sp³-hybridized carbons (Fsp3) is 0.235. The maximum Gasteiger partial charge on any atom is 0.220 e. The monoisotopic (exact) mass is 349 g/mol. The number of carbonyl (C=O) groups is 1. The Morgan fingerprint density at radius 1 is 1.19 bits per heavy atom. The molecule has 1 N–H and O–H groups in total. The summed E-state index contributed by atoms with van der Waals surface area (Å²) in [5, 5.41) is 2.81. The van der Waals surface area contributed by atoms with Gasteiger partial charge in [0.25, 0.3) is 0 Å². The fourth-order valence-electron chi connectivity index (χ4n) is 1.97. The molecule has 1 amide bonds. The van der Waals surface area contributed by atoms with E-state index in [-0.39, 0.29) is 11.7 Å². The van der Waals surface area contributed by atoms with E-state index in [1.807, 2.05) is 31.2 Å². The molecule has 4 heteroatoms. The maximum atomic E-state index is 13.1. The molecule has 0 aliphatic rings. The predicted octanol–water partition coefficient (Wildman–Crippen LogP) is 4.15. The molecule has 2 nitrogen and oxygen atoms in total. The van der Waals surface area contributed by atoms with Gasteiger partial charge in [0.05, 0.1) is 0 Å². The topological polar surface area (TPSA) is 29.1 Å². The van der Waals surface area contributed by atoms with Gasteiger partial charge in [-0.05, 0) is 42.7 Å². The lowest BCUT2D eigenvalue weighted by atomic mass is 10.1. The molecule has 0 heterocycles. The average Bonchev–Trinajstić information content (AvgIpc) is 2.47. The van der Waals surface area contributed by atoms with Gasteiger partial charge in [-0.2, -0.15) is 0 Å². The zero-order chi connectivity index (χ0) is 15.2. The number of benzene rings is 2. The molecule has 0 bridgehead atoms. The number of nitrogens with one attached hydrogen (secondary N) is 1. The van der Waals surface area contributed by atoms with Crippen LogP contribution in [0.1, 0.15) is 23.1 Å². The van der Waals surface area contributed by atoms with Crippen LogP contribution in [-0.2, 0) is 17.8 Å². The maximum absolute atomic E-state index is 13.1. The molecule has 0 saturated carbocycles. The first-order chi connectivity index (χ1) is 10.0. The molecular weight excluding hydrogens is 333 g/mol. The summed E-state index contributed by atoms with van der Waals surface area (Å²) in [4.78, 5) is 11.8. The molecule has 0 unspecified atom stereocenters. The van der Waals surface area contributed by atoms with Crippen molar-refractivity contribution in [3.8, 4) is 0 Å². The van der Waals surface area contributed by atoms with Crippen LogP contribution in [-0.4, -0.2) is 5.91 Å². The van der Waals surface area contributed by atoms with E-state index in [9.17, 15) is 9.18 Å². The minimum absolute atomic E-state index is 0.0354. The van der Waals surface area contributed by atoms with E-state index in [0.717, 1.165) is 15.6 Å². The standard InChI is InChI=1S/C17H17BrFNO/c1-12-2-4-13(5-3-12)6-9-17(21)20-11-14-10-15(19)7-8-16(14)18/h2-5,7-8,10H,6,9,11H2,1H3,(H,20,21). The van der Waals surface area contributed by atoms with Crippen molar-refractivity contribution in [2.75, 3.05) is 0 Å². The largest absolute Gasteiger partial charge is 0.352 e. The lowest BCUT2D eigenvalue weighted by Crippen LogP contribution is -2.23. The Morgan fingerprint density at radius 3 is 2.62 bits per heavy atom. The van der Waals surface area contributed by atoms with E-state index in [0.29, 0.717) is 19.4 Å². The molecule has 0 radical (unpaired) electrons. The van der Waals surface area contributed by atoms with E-state index in [1.165, 1.54) is 17.7 Å². The quantitative estimate of drug-likeness (QED) is 0.863. The van der Waals surface area contributed by atoms with Gasteiger partial charge < -0.3 is 5.32 Å². The van der Waals surface area contributed by atoms with Crippen molar-refractivity contribution in [3.05, 3.63) is 69.4 Å². The van der Waals surface area contributed by atoms with Crippen LogP contribution in [0.5, 0.6) is 0 Å². The molecule has 110 valence electrons. The van der Waals surface area contributed by atoms with Gasteiger partial charge in [0, 0.05) is 17.4 Å². The number of aryl methyl sites for hydroxylation is 2.